The number of hydrogen-bond donors (Lipinski definition) is 0. The van der Waals surface area contributed by atoms with E-state index >= 15 is 0 Å². The molecule has 2 nitrogen and oxygen atoms in total. The van der Waals surface area contributed by atoms with E-state index in [2.05, 4.69) is 169 Å². The Hall–Kier alpha value is -6.12. The number of para-hydroxylation sites is 2. The highest BCUT2D eigenvalue weighted by Gasteiger charge is 2.23. The topological polar surface area (TPSA) is 16.4 Å². The minimum absolute atomic E-state index is 0.945. The Labute approximate surface area is 266 Å². The highest BCUT2D eigenvalue weighted by atomic mass is 16.3. The Morgan fingerprint density at radius 3 is 1.76 bits per heavy atom. The normalized spacial score (nSPS) is 11.9. The van der Waals surface area contributed by atoms with Crippen LogP contribution in [-0.2, 0) is 0 Å². The Bertz CT molecular complexity index is 2630. The molecule has 214 valence electrons. The second kappa shape index (κ2) is 9.69. The summed E-state index contributed by atoms with van der Waals surface area (Å²) in [5.41, 5.74) is 9.91. The smallest absolute Gasteiger partial charge is 0.143 e. The molecule has 0 saturated carbocycles. The molecule has 46 heavy (non-hydrogen) atoms. The molecular formula is C44H27NO. The first-order valence-corrected chi connectivity index (χ1v) is 15.8. The molecule has 0 spiro atoms. The Morgan fingerprint density at radius 1 is 0.370 bits per heavy atom. The van der Waals surface area contributed by atoms with E-state index in [0.717, 1.165) is 39.4 Å². The van der Waals surface area contributed by atoms with Gasteiger partial charge in [0.25, 0.3) is 0 Å². The van der Waals surface area contributed by atoms with Gasteiger partial charge in [-0.1, -0.05) is 109 Å². The van der Waals surface area contributed by atoms with Crippen molar-refractivity contribution in [2.75, 3.05) is 4.90 Å². The van der Waals surface area contributed by atoms with Crippen molar-refractivity contribution >= 4 is 71.3 Å². The average Bonchev–Trinajstić information content (AvgIpc) is 3.52. The summed E-state index contributed by atoms with van der Waals surface area (Å²) in [4.78, 5) is 2.29. The SMILES string of the molecule is c1ccc(N(c2ccccc2)c2ccc(-c3cccc(-c4cc5ccc6cccc7c8cccc9oc4c(c98)c5c67)c3)cc2)cc1. The van der Waals surface area contributed by atoms with Crippen LogP contribution < -0.4 is 4.90 Å². The fourth-order valence-corrected chi connectivity index (χ4v) is 7.52. The van der Waals surface area contributed by atoms with Crippen LogP contribution in [0.3, 0.4) is 0 Å². The highest BCUT2D eigenvalue weighted by molar-refractivity contribution is 6.40. The molecule has 0 N–H and O–H groups in total. The van der Waals surface area contributed by atoms with Crippen LogP contribution in [0.1, 0.15) is 0 Å². The summed E-state index contributed by atoms with van der Waals surface area (Å²) in [5, 5.41) is 10.2. The van der Waals surface area contributed by atoms with Gasteiger partial charge in [-0.3, -0.25) is 0 Å². The average molecular weight is 586 g/mol. The van der Waals surface area contributed by atoms with Crippen LogP contribution in [0.25, 0.3) is 76.5 Å². The van der Waals surface area contributed by atoms with Crippen LogP contribution in [0.5, 0.6) is 0 Å². The summed E-state index contributed by atoms with van der Waals surface area (Å²) in [6.07, 6.45) is 0. The minimum Gasteiger partial charge on any atom is -0.455 e. The summed E-state index contributed by atoms with van der Waals surface area (Å²) in [6.45, 7) is 0. The first kappa shape index (κ1) is 25.2. The Morgan fingerprint density at radius 2 is 1.00 bits per heavy atom. The zero-order chi connectivity index (χ0) is 30.2. The van der Waals surface area contributed by atoms with Crippen molar-refractivity contribution in [3.8, 4) is 22.3 Å². The second-order valence-corrected chi connectivity index (χ2v) is 12.1. The van der Waals surface area contributed by atoms with Crippen LogP contribution in [0.15, 0.2) is 168 Å². The van der Waals surface area contributed by atoms with Crippen LogP contribution in [0.2, 0.25) is 0 Å². The number of anilines is 3. The quantitative estimate of drug-likeness (QED) is 0.148. The lowest BCUT2D eigenvalue weighted by molar-refractivity contribution is 0.670. The first-order chi connectivity index (χ1) is 22.8. The standard InChI is InChI=1S/C44H27NO/c1-3-13-33(14-4-1)45(34-15-5-2-6-16-34)35-24-22-28(23-25-35)30-11-7-12-31(26-30)38-27-32-21-20-29-10-8-17-36-37-18-9-19-39-42(37)43(44(38)46-39)41(32)40(29)36/h1-27H. The van der Waals surface area contributed by atoms with E-state index in [-0.39, 0.29) is 0 Å². The van der Waals surface area contributed by atoms with Gasteiger partial charge in [-0.25, -0.2) is 0 Å². The van der Waals surface area contributed by atoms with Crippen molar-refractivity contribution < 1.29 is 4.42 Å². The van der Waals surface area contributed by atoms with Crippen molar-refractivity contribution in [3.63, 3.8) is 0 Å². The Kier molecular flexibility index (Phi) is 5.31. The van der Waals surface area contributed by atoms with Gasteiger partial charge in [0.15, 0.2) is 0 Å². The molecule has 0 bridgehead atoms. The van der Waals surface area contributed by atoms with Crippen molar-refractivity contribution in [2.24, 2.45) is 0 Å². The maximum absolute atomic E-state index is 6.73. The zero-order valence-corrected chi connectivity index (χ0v) is 24.9. The number of rotatable bonds is 5. The third kappa shape index (κ3) is 3.65. The summed E-state index contributed by atoms with van der Waals surface area (Å²) < 4.78 is 6.73. The van der Waals surface area contributed by atoms with Crippen LogP contribution in [0, 0.1) is 0 Å². The van der Waals surface area contributed by atoms with Gasteiger partial charge in [0.05, 0.1) is 0 Å². The molecule has 1 aromatic heterocycles. The predicted octanol–water partition coefficient (Wildman–Crippen LogP) is 12.7. The fraction of sp³-hybridized carbons (Fsp3) is 0. The Balaban J connectivity index is 1.12. The monoisotopic (exact) mass is 585 g/mol. The third-order valence-corrected chi connectivity index (χ3v) is 9.54. The molecule has 0 aliphatic rings. The van der Waals surface area contributed by atoms with Gasteiger partial charge < -0.3 is 9.32 Å². The van der Waals surface area contributed by atoms with Gasteiger partial charge in [0.2, 0.25) is 0 Å². The van der Waals surface area contributed by atoms with E-state index in [0.29, 0.717) is 0 Å². The molecule has 2 heteroatoms. The lowest BCUT2D eigenvalue weighted by Gasteiger charge is -2.25. The molecule has 0 aliphatic heterocycles. The minimum atomic E-state index is 0.945. The van der Waals surface area contributed by atoms with Gasteiger partial charge >= 0.3 is 0 Å². The fourth-order valence-electron chi connectivity index (χ4n) is 7.52. The molecule has 9 aromatic carbocycles. The van der Waals surface area contributed by atoms with Crippen molar-refractivity contribution in [3.05, 3.63) is 164 Å². The van der Waals surface area contributed by atoms with Gasteiger partial charge in [0, 0.05) is 38.8 Å². The van der Waals surface area contributed by atoms with E-state index in [1.165, 1.54) is 54.2 Å². The molecule has 0 saturated heterocycles. The van der Waals surface area contributed by atoms with E-state index < -0.39 is 0 Å². The van der Waals surface area contributed by atoms with Gasteiger partial charge in [-0.2, -0.15) is 0 Å². The van der Waals surface area contributed by atoms with Crippen molar-refractivity contribution in [1.29, 1.82) is 0 Å². The van der Waals surface area contributed by atoms with E-state index in [4.69, 9.17) is 4.42 Å². The predicted molar refractivity (Wildman–Crippen MR) is 194 cm³/mol. The molecule has 10 aromatic rings. The number of fused-ring (bicyclic) bond motifs is 1. The zero-order valence-electron chi connectivity index (χ0n) is 24.9. The molecule has 10 rings (SSSR count). The molecule has 1 heterocycles. The van der Waals surface area contributed by atoms with Crippen LogP contribution >= 0.6 is 0 Å². The molecule has 0 unspecified atom stereocenters. The van der Waals surface area contributed by atoms with Gasteiger partial charge in [-0.05, 0) is 98.2 Å². The lowest BCUT2D eigenvalue weighted by Crippen LogP contribution is -2.09. The molecule has 0 aliphatic carbocycles. The maximum atomic E-state index is 6.73. The highest BCUT2D eigenvalue weighted by Crippen LogP contribution is 2.49. The largest absolute Gasteiger partial charge is 0.455 e. The summed E-state index contributed by atoms with van der Waals surface area (Å²) in [6, 6.07) is 58.7. The molecular weight excluding hydrogens is 558 g/mol. The molecule has 0 radical (unpaired) electrons. The summed E-state index contributed by atoms with van der Waals surface area (Å²) in [7, 11) is 0. The van der Waals surface area contributed by atoms with E-state index in [1.807, 2.05) is 0 Å². The maximum Gasteiger partial charge on any atom is 0.143 e. The van der Waals surface area contributed by atoms with Crippen LogP contribution in [0.4, 0.5) is 17.1 Å². The number of hydrogen-bond acceptors (Lipinski definition) is 2. The molecule has 0 amide bonds. The van der Waals surface area contributed by atoms with Gasteiger partial charge in [0.1, 0.15) is 11.2 Å². The summed E-state index contributed by atoms with van der Waals surface area (Å²) >= 11 is 0. The number of furan rings is 1. The lowest BCUT2D eigenvalue weighted by atomic mass is 9.87. The van der Waals surface area contributed by atoms with E-state index in [1.54, 1.807) is 0 Å². The molecule has 0 fully saturated rings. The van der Waals surface area contributed by atoms with E-state index in [9.17, 15) is 0 Å². The number of nitrogens with zero attached hydrogens (tertiary/aromatic N) is 1. The number of benzene rings is 9. The van der Waals surface area contributed by atoms with Crippen molar-refractivity contribution in [1.82, 2.24) is 0 Å². The van der Waals surface area contributed by atoms with Gasteiger partial charge in [-0.15, -0.1) is 0 Å². The first-order valence-electron chi connectivity index (χ1n) is 15.8. The summed E-state index contributed by atoms with van der Waals surface area (Å²) in [5.74, 6) is 0. The molecule has 0 atom stereocenters. The second-order valence-electron chi connectivity index (χ2n) is 12.1. The van der Waals surface area contributed by atoms with Crippen LogP contribution in [-0.4, -0.2) is 0 Å². The third-order valence-electron chi connectivity index (χ3n) is 9.54. The van der Waals surface area contributed by atoms with Crippen molar-refractivity contribution in [2.45, 2.75) is 0 Å².